The maximum Gasteiger partial charge on any atom is 0.338 e. The number of hydrogen-bond donors (Lipinski definition) is 3. The number of aryl methyl sites for hydroxylation is 3. The smallest absolute Gasteiger partial charge is 0.338 e. The predicted octanol–water partition coefficient (Wildman–Crippen LogP) is 7.24. The van der Waals surface area contributed by atoms with Crippen molar-refractivity contribution in [1.29, 1.82) is 5.26 Å². The molecule has 0 aliphatic heterocycles. The third kappa shape index (κ3) is 7.18. The van der Waals surface area contributed by atoms with E-state index in [4.69, 9.17) is 0 Å². The summed E-state index contributed by atoms with van der Waals surface area (Å²) in [4.78, 5) is 43.7. The van der Waals surface area contributed by atoms with E-state index in [9.17, 15) is 35.0 Å². The van der Waals surface area contributed by atoms with Crippen LogP contribution in [0.2, 0.25) is 0 Å². The molecule has 0 amide bonds. The van der Waals surface area contributed by atoms with Crippen LogP contribution in [0.15, 0.2) is 32.6 Å². The van der Waals surface area contributed by atoms with E-state index in [1.165, 1.54) is 0 Å². The molecule has 3 aromatic carbocycles. The average molecular weight is 725 g/mol. The summed E-state index contributed by atoms with van der Waals surface area (Å²) >= 11 is 0. The van der Waals surface area contributed by atoms with Gasteiger partial charge in [-0.3, -0.25) is 0 Å². The first-order valence-corrected chi connectivity index (χ1v) is 18.0. The second kappa shape index (κ2) is 13.7. The van der Waals surface area contributed by atoms with Gasteiger partial charge in [0.1, 0.15) is 17.2 Å². The lowest BCUT2D eigenvalue weighted by molar-refractivity contribution is 0.434. The fourth-order valence-electron chi connectivity index (χ4n) is 7.35. The summed E-state index contributed by atoms with van der Waals surface area (Å²) in [5.74, 6) is 0.0634. The van der Waals surface area contributed by atoms with Crippen molar-refractivity contribution in [2.45, 2.75) is 139 Å². The van der Waals surface area contributed by atoms with Gasteiger partial charge in [0.15, 0.2) is 6.04 Å². The number of phenols is 3. The van der Waals surface area contributed by atoms with Gasteiger partial charge in [0.05, 0.1) is 19.2 Å². The van der Waals surface area contributed by atoms with Crippen LogP contribution in [0, 0.1) is 52.9 Å². The summed E-state index contributed by atoms with van der Waals surface area (Å²) in [6.07, 6.45) is 0. The summed E-state index contributed by atoms with van der Waals surface area (Å²) in [7, 11) is 0. The Morgan fingerprint density at radius 1 is 0.566 bits per heavy atom. The molecule has 4 aromatic rings. The number of nitrogens with zero attached hydrogens (tertiary/aromatic N) is 4. The van der Waals surface area contributed by atoms with E-state index in [1.54, 1.807) is 33.8 Å². The first-order chi connectivity index (χ1) is 24.2. The van der Waals surface area contributed by atoms with Crippen molar-refractivity contribution in [3.05, 3.63) is 116 Å². The monoisotopic (exact) mass is 724 g/mol. The van der Waals surface area contributed by atoms with Crippen LogP contribution in [0.25, 0.3) is 0 Å². The Labute approximate surface area is 312 Å². The van der Waals surface area contributed by atoms with E-state index in [-0.39, 0.29) is 46.7 Å². The molecule has 0 aliphatic carbocycles. The molecule has 1 aromatic heterocycles. The largest absolute Gasteiger partial charge is 0.507 e. The Kier molecular flexibility index (Phi) is 10.6. The van der Waals surface area contributed by atoms with Crippen LogP contribution in [-0.2, 0) is 29.3 Å². The van der Waals surface area contributed by atoms with E-state index < -0.39 is 28.5 Å². The van der Waals surface area contributed by atoms with Crippen molar-refractivity contribution < 1.29 is 15.3 Å². The standard InChI is InChI=1S/C43H56N4O6/c1-22-16-30(41(7,8)9)35(48)25(4)28(22)20-45-38(51)46(21-29-23(2)17-31(42(10,11)12)36(49)26(29)5)40(53)47(39(45)52)33(19-44)34-24(3)18-32(43(13,14)15)37(50)27(34)6/h16-18,33,48-50H,20-21H2,1-15H3. The van der Waals surface area contributed by atoms with Crippen LogP contribution in [0.3, 0.4) is 0 Å². The molecule has 3 N–H and O–H groups in total. The first kappa shape index (κ1) is 40.7. The van der Waals surface area contributed by atoms with Gasteiger partial charge < -0.3 is 15.3 Å². The second-order valence-corrected chi connectivity index (χ2v) is 17.7. The Hall–Kier alpha value is -5.04. The molecule has 0 saturated carbocycles. The van der Waals surface area contributed by atoms with Gasteiger partial charge in [-0.05, 0) is 125 Å². The minimum absolute atomic E-state index is 0.0404. The van der Waals surface area contributed by atoms with E-state index in [2.05, 4.69) is 6.07 Å². The fraction of sp³-hybridized carbons (Fsp3) is 0.488. The van der Waals surface area contributed by atoms with Gasteiger partial charge in [0.2, 0.25) is 0 Å². The number of phenolic OH excluding ortho intramolecular Hbond substituents is 3. The molecule has 1 atom stereocenters. The average Bonchev–Trinajstić information content (AvgIpc) is 3.03. The van der Waals surface area contributed by atoms with Gasteiger partial charge in [-0.15, -0.1) is 0 Å². The minimum atomic E-state index is -1.51. The number of aromatic hydroxyl groups is 3. The zero-order valence-electron chi connectivity index (χ0n) is 34.1. The van der Waals surface area contributed by atoms with Crippen LogP contribution in [0.4, 0.5) is 0 Å². The van der Waals surface area contributed by atoms with Crippen molar-refractivity contribution in [2.24, 2.45) is 0 Å². The normalized spacial score (nSPS) is 12.9. The van der Waals surface area contributed by atoms with E-state index >= 15 is 0 Å². The fourth-order valence-corrected chi connectivity index (χ4v) is 7.35. The lowest BCUT2D eigenvalue weighted by atomic mass is 9.81. The van der Waals surface area contributed by atoms with Crippen LogP contribution < -0.4 is 17.1 Å². The quantitative estimate of drug-likeness (QED) is 0.190. The third-order valence-electron chi connectivity index (χ3n) is 10.6. The maximum atomic E-state index is 14.6. The molecule has 284 valence electrons. The molecule has 0 radical (unpaired) electrons. The zero-order valence-corrected chi connectivity index (χ0v) is 34.1. The molecule has 53 heavy (non-hydrogen) atoms. The van der Waals surface area contributed by atoms with Gasteiger partial charge in [0, 0.05) is 0 Å². The van der Waals surface area contributed by atoms with E-state index in [0.717, 1.165) is 24.8 Å². The third-order valence-corrected chi connectivity index (χ3v) is 10.6. The van der Waals surface area contributed by atoms with Gasteiger partial charge in [-0.1, -0.05) is 80.5 Å². The SMILES string of the molecule is Cc1cc(C(C)(C)C)c(O)c(C)c1Cn1c(=O)n(Cc2c(C)cc(C(C)(C)C)c(O)c2C)c(=O)n(C(C#N)c2c(C)cc(C(C)(C)C)c(O)c2C)c1=O. The number of aromatic nitrogens is 3. The van der Waals surface area contributed by atoms with Gasteiger partial charge in [-0.2, -0.15) is 5.26 Å². The lowest BCUT2D eigenvalue weighted by Crippen LogP contribution is -2.56. The molecule has 10 heteroatoms. The van der Waals surface area contributed by atoms with Crippen molar-refractivity contribution in [2.75, 3.05) is 0 Å². The van der Waals surface area contributed by atoms with Gasteiger partial charge >= 0.3 is 17.1 Å². The Bertz CT molecular complexity index is 2250. The van der Waals surface area contributed by atoms with E-state index in [0.29, 0.717) is 50.1 Å². The van der Waals surface area contributed by atoms with Gasteiger partial charge in [0.25, 0.3) is 0 Å². The predicted molar refractivity (Wildman–Crippen MR) is 210 cm³/mol. The zero-order chi connectivity index (χ0) is 40.4. The number of nitriles is 1. The van der Waals surface area contributed by atoms with Crippen molar-refractivity contribution in [3.63, 3.8) is 0 Å². The van der Waals surface area contributed by atoms with Crippen molar-refractivity contribution in [3.8, 4) is 23.3 Å². The maximum absolute atomic E-state index is 14.6. The number of benzene rings is 3. The highest BCUT2D eigenvalue weighted by Gasteiger charge is 2.31. The van der Waals surface area contributed by atoms with Crippen LogP contribution in [-0.4, -0.2) is 29.0 Å². The molecule has 1 unspecified atom stereocenters. The first-order valence-electron chi connectivity index (χ1n) is 18.0. The topological polar surface area (TPSA) is 150 Å². The Morgan fingerprint density at radius 3 is 1.21 bits per heavy atom. The second-order valence-electron chi connectivity index (χ2n) is 17.7. The van der Waals surface area contributed by atoms with Crippen LogP contribution >= 0.6 is 0 Å². The molecule has 10 nitrogen and oxygen atoms in total. The number of hydrogen-bond acceptors (Lipinski definition) is 7. The molecule has 0 fully saturated rings. The summed E-state index contributed by atoms with van der Waals surface area (Å²) < 4.78 is 2.65. The van der Waals surface area contributed by atoms with Crippen molar-refractivity contribution >= 4 is 0 Å². The molecule has 1 heterocycles. The molecule has 0 saturated heterocycles. The van der Waals surface area contributed by atoms with Crippen molar-refractivity contribution in [1.82, 2.24) is 13.7 Å². The molecule has 0 spiro atoms. The molecule has 0 aliphatic rings. The minimum Gasteiger partial charge on any atom is -0.507 e. The van der Waals surface area contributed by atoms with E-state index in [1.807, 2.05) is 88.3 Å². The molecular formula is C43H56N4O6. The lowest BCUT2D eigenvalue weighted by Gasteiger charge is -2.27. The number of rotatable bonds is 6. The Balaban J connectivity index is 2.13. The highest BCUT2D eigenvalue weighted by molar-refractivity contribution is 5.55. The van der Waals surface area contributed by atoms with Crippen LogP contribution in [0.1, 0.15) is 135 Å². The van der Waals surface area contributed by atoms with Crippen LogP contribution in [0.5, 0.6) is 17.2 Å². The summed E-state index contributed by atoms with van der Waals surface area (Å²) in [5, 5.41) is 44.7. The van der Waals surface area contributed by atoms with Gasteiger partial charge in [-0.25, -0.2) is 28.1 Å². The highest BCUT2D eigenvalue weighted by atomic mass is 16.3. The summed E-state index contributed by atoms with van der Waals surface area (Å²) in [6, 6.07) is 6.08. The molecule has 4 rings (SSSR count). The Morgan fingerprint density at radius 2 is 0.887 bits per heavy atom. The highest BCUT2D eigenvalue weighted by Crippen LogP contribution is 2.40. The molecular weight excluding hydrogens is 668 g/mol. The summed E-state index contributed by atoms with van der Waals surface area (Å²) in [5.41, 5.74) is 2.70. The summed E-state index contributed by atoms with van der Waals surface area (Å²) in [6.45, 7) is 27.7. The molecule has 0 bridgehead atoms.